The van der Waals surface area contributed by atoms with Crippen LogP contribution in [0, 0.1) is 0 Å². The van der Waals surface area contributed by atoms with Crippen LogP contribution in [-0.2, 0) is 25.4 Å². The lowest BCUT2D eigenvalue weighted by molar-refractivity contribution is -0.138. The fraction of sp³-hybridized carbons (Fsp3) is 0.360. The van der Waals surface area contributed by atoms with Crippen molar-refractivity contribution in [1.82, 2.24) is 44.7 Å². The van der Waals surface area contributed by atoms with Gasteiger partial charge >= 0.3 is 6.18 Å². The Kier molecular flexibility index (Phi) is 12.8. The molecule has 3 fully saturated rings. The first-order valence-corrected chi connectivity index (χ1v) is 23.8. The second-order valence-corrected chi connectivity index (χ2v) is 18.6. The number of nitrogens with two attached hydrogens (primary N) is 1. The molecule has 2 bridgehead atoms. The zero-order valence-electron chi connectivity index (χ0n) is 38.8. The van der Waals surface area contributed by atoms with Crippen molar-refractivity contribution in [3.63, 3.8) is 0 Å². The van der Waals surface area contributed by atoms with Gasteiger partial charge in [0.05, 0.1) is 35.1 Å². The molecule has 7 amide bonds. The number of carbonyl (C=O) groups excluding carboxylic acids is 7. The molecule has 72 heavy (non-hydrogen) atoms. The van der Waals surface area contributed by atoms with Crippen LogP contribution < -0.4 is 26.6 Å². The molecule has 3 aromatic heterocycles. The highest BCUT2D eigenvalue weighted by Crippen LogP contribution is 2.39. The van der Waals surface area contributed by atoms with Gasteiger partial charge in [-0.05, 0) is 80.6 Å². The van der Waals surface area contributed by atoms with Crippen LogP contribution >= 0.6 is 0 Å². The highest BCUT2D eigenvalue weighted by Gasteiger charge is 2.45. The van der Waals surface area contributed by atoms with Gasteiger partial charge in [0.25, 0.3) is 17.7 Å². The van der Waals surface area contributed by atoms with Gasteiger partial charge in [0, 0.05) is 87.1 Å². The van der Waals surface area contributed by atoms with E-state index in [2.05, 4.69) is 35.7 Å². The van der Waals surface area contributed by atoms with E-state index in [9.17, 15) is 46.7 Å². The number of pyridine rings is 1. The van der Waals surface area contributed by atoms with Gasteiger partial charge in [0.15, 0.2) is 0 Å². The normalized spacial score (nSPS) is 21.3. The van der Waals surface area contributed by atoms with E-state index in [-0.39, 0.29) is 84.5 Å². The van der Waals surface area contributed by atoms with E-state index in [1.165, 1.54) is 12.1 Å². The van der Waals surface area contributed by atoms with Gasteiger partial charge in [-0.15, -0.1) is 0 Å². The monoisotopic (exact) mass is 986 g/mol. The Labute approximate surface area is 409 Å². The summed E-state index contributed by atoms with van der Waals surface area (Å²) in [6, 6.07) is 11.9. The average molecular weight is 987 g/mol. The lowest BCUT2D eigenvalue weighted by Crippen LogP contribution is -2.54. The molecule has 1 unspecified atom stereocenters. The SMILES string of the molecule is Nc1ncc2n3c(nc(-c4ccc(C(=O)Nc5cc(C(F)(F)F)ccn5)cc4)c13)[C@@H]1CC[C@H](C1)NC(=O)CN(C(=O)CCN1CCN(c3ccc4c(c3)C(=O)N(C3CCC(=O)NC3=O)C4=O)CC1)CC/C=C/2. The number of nitrogens with zero attached hydrogens (tertiary/aromatic N) is 8. The van der Waals surface area contributed by atoms with Crippen LogP contribution in [0.4, 0.5) is 30.5 Å². The minimum absolute atomic E-state index is 0.0371. The Hall–Kier alpha value is -8.01. The molecule has 0 radical (unpaired) electrons. The van der Waals surface area contributed by atoms with Crippen molar-refractivity contribution in [2.45, 2.75) is 69.1 Å². The molecule has 4 aliphatic heterocycles. The molecule has 372 valence electrons. The summed E-state index contributed by atoms with van der Waals surface area (Å²) in [4.78, 5) is 112. The quantitative estimate of drug-likeness (QED) is 0.159. The Bertz CT molecular complexity index is 3080. The Balaban J connectivity index is 0.791. The average Bonchev–Trinajstić information content (AvgIpc) is 4.06. The van der Waals surface area contributed by atoms with E-state index >= 15 is 0 Å². The fourth-order valence-corrected chi connectivity index (χ4v) is 10.2. The topological polar surface area (TPSA) is 238 Å². The molecule has 19 nitrogen and oxygen atoms in total. The van der Waals surface area contributed by atoms with Crippen molar-refractivity contribution >= 4 is 70.3 Å². The summed E-state index contributed by atoms with van der Waals surface area (Å²) in [5.41, 5.74) is 9.38. The van der Waals surface area contributed by atoms with Gasteiger partial charge in [-0.3, -0.25) is 53.1 Å². The number of anilines is 3. The number of hydrogen-bond acceptors (Lipinski definition) is 13. The van der Waals surface area contributed by atoms with E-state index in [0.717, 1.165) is 34.7 Å². The summed E-state index contributed by atoms with van der Waals surface area (Å²) in [6.07, 6.45) is 4.54. The van der Waals surface area contributed by atoms with Crippen molar-refractivity contribution in [3.05, 3.63) is 107 Å². The molecular formula is C50H49F3N12O7. The summed E-state index contributed by atoms with van der Waals surface area (Å²) >= 11 is 0. The van der Waals surface area contributed by atoms with Crippen molar-refractivity contribution < 1.29 is 46.7 Å². The van der Waals surface area contributed by atoms with Crippen LogP contribution in [0.3, 0.4) is 0 Å². The second kappa shape index (κ2) is 19.3. The minimum Gasteiger partial charge on any atom is -0.382 e. The smallest absolute Gasteiger partial charge is 0.382 e. The molecule has 1 aliphatic carbocycles. The molecule has 5 aliphatic rings. The lowest BCUT2D eigenvalue weighted by Gasteiger charge is -2.36. The number of piperazine rings is 1. The number of fused-ring (bicyclic) bond motifs is 4. The van der Waals surface area contributed by atoms with Gasteiger partial charge in [-0.25, -0.2) is 15.0 Å². The molecule has 5 aromatic rings. The van der Waals surface area contributed by atoms with Crippen molar-refractivity contribution in [1.29, 1.82) is 0 Å². The highest BCUT2D eigenvalue weighted by molar-refractivity contribution is 6.23. The van der Waals surface area contributed by atoms with E-state index in [0.29, 0.717) is 80.9 Å². The number of nitrogens with one attached hydrogen (secondary N) is 3. The number of halogens is 3. The van der Waals surface area contributed by atoms with Crippen LogP contribution in [0.5, 0.6) is 0 Å². The predicted molar refractivity (Wildman–Crippen MR) is 255 cm³/mol. The molecule has 3 atom stereocenters. The molecule has 0 spiro atoms. The first kappa shape index (κ1) is 47.7. The Morgan fingerprint density at radius 3 is 2.40 bits per heavy atom. The third kappa shape index (κ3) is 9.48. The van der Waals surface area contributed by atoms with Gasteiger partial charge in [-0.1, -0.05) is 18.2 Å². The largest absolute Gasteiger partial charge is 0.416 e. The summed E-state index contributed by atoms with van der Waals surface area (Å²) in [5, 5.41) is 7.79. The van der Waals surface area contributed by atoms with Gasteiger partial charge in [-0.2, -0.15) is 13.2 Å². The number of imidazole rings is 1. The predicted octanol–water partition coefficient (Wildman–Crippen LogP) is 4.26. The lowest BCUT2D eigenvalue weighted by atomic mass is 10.0. The van der Waals surface area contributed by atoms with Gasteiger partial charge in [0.1, 0.15) is 34.7 Å². The first-order chi connectivity index (χ1) is 34.6. The van der Waals surface area contributed by atoms with Crippen LogP contribution in [0.1, 0.15) is 99.0 Å². The summed E-state index contributed by atoms with van der Waals surface area (Å²) in [5.74, 6) is -2.66. The number of imide groups is 2. The maximum absolute atomic E-state index is 13.9. The third-order valence-electron chi connectivity index (χ3n) is 14.0. The molecular weight excluding hydrogens is 938 g/mol. The maximum atomic E-state index is 13.9. The third-order valence-corrected chi connectivity index (χ3v) is 14.0. The number of rotatable bonds is 8. The van der Waals surface area contributed by atoms with Crippen molar-refractivity contribution in [3.8, 4) is 11.3 Å². The standard InChI is InChI=1S/C50H49F3N12O7/c51-50(52,53)31-14-16-55-38(24-31)58-46(69)29-6-4-28(5-7-29)42-43-44(54)56-26-34-3-1-2-17-63(27-40(67)57-32-9-8-30(23-32)45(60-42)64(34)43)41(68)15-18-61-19-21-62(22-20-61)33-10-11-35-36(25-33)49(72)65(48(35)71)37-12-13-39(66)59-47(37)70/h1,3-7,10-11,14,16,24-26,30,32,37H,2,8-9,12-13,15,17-23,27H2,(H2,54,56)(H,57,67)(H,55,58,69)(H,59,66,70)/b3-1+/t30-,32-,37?/m1/s1. The number of benzene rings is 2. The number of hydrogen-bond donors (Lipinski definition) is 4. The van der Waals surface area contributed by atoms with Gasteiger partial charge < -0.3 is 26.2 Å². The number of aromatic nitrogens is 4. The van der Waals surface area contributed by atoms with Gasteiger partial charge in [0.2, 0.25) is 23.6 Å². The number of alkyl halides is 3. The number of piperidine rings is 1. The van der Waals surface area contributed by atoms with Crippen LogP contribution in [0.2, 0.25) is 0 Å². The van der Waals surface area contributed by atoms with E-state index in [1.807, 2.05) is 16.6 Å². The van der Waals surface area contributed by atoms with Crippen LogP contribution in [0.25, 0.3) is 22.9 Å². The molecule has 22 heteroatoms. The molecule has 1 saturated carbocycles. The molecule has 10 rings (SSSR count). The zero-order valence-corrected chi connectivity index (χ0v) is 38.8. The summed E-state index contributed by atoms with van der Waals surface area (Å²) in [7, 11) is 0. The molecule has 2 aromatic carbocycles. The number of nitrogen functional groups attached to an aromatic ring is 1. The minimum atomic E-state index is -4.60. The molecule has 5 N–H and O–H groups in total. The van der Waals surface area contributed by atoms with Crippen LogP contribution in [-0.4, -0.2) is 133 Å². The van der Waals surface area contributed by atoms with E-state index in [1.54, 1.807) is 41.4 Å². The fourth-order valence-electron chi connectivity index (χ4n) is 10.2. The van der Waals surface area contributed by atoms with Crippen LogP contribution in [0.15, 0.2) is 73.1 Å². The Morgan fingerprint density at radius 2 is 1.64 bits per heavy atom. The van der Waals surface area contributed by atoms with E-state index in [4.69, 9.17) is 10.7 Å². The van der Waals surface area contributed by atoms with Crippen molar-refractivity contribution in [2.75, 3.05) is 61.8 Å². The van der Waals surface area contributed by atoms with Crippen molar-refractivity contribution in [2.24, 2.45) is 0 Å². The number of amides is 7. The summed E-state index contributed by atoms with van der Waals surface area (Å²) < 4.78 is 41.8. The zero-order chi connectivity index (χ0) is 50.4. The first-order valence-electron chi connectivity index (χ1n) is 23.8. The highest BCUT2D eigenvalue weighted by atomic mass is 19.4. The number of carbonyl (C=O) groups is 7. The maximum Gasteiger partial charge on any atom is 0.416 e. The molecule has 2 saturated heterocycles. The molecule has 7 heterocycles. The van der Waals surface area contributed by atoms with E-state index < -0.39 is 47.3 Å². The second-order valence-electron chi connectivity index (χ2n) is 18.6. The Morgan fingerprint density at radius 1 is 0.861 bits per heavy atom. The summed E-state index contributed by atoms with van der Waals surface area (Å²) in [6.45, 7) is 3.09.